The molecule has 0 aromatic heterocycles. The highest BCUT2D eigenvalue weighted by atomic mass is 19.2. The van der Waals surface area contributed by atoms with Crippen molar-refractivity contribution in [1.29, 1.82) is 0 Å². The Morgan fingerprint density at radius 1 is 1.08 bits per heavy atom. The third-order valence-electron chi connectivity index (χ3n) is 4.16. The fourth-order valence-corrected chi connectivity index (χ4v) is 2.48. The van der Waals surface area contributed by atoms with E-state index in [4.69, 9.17) is 0 Å². The number of carbonyl (C=O) groups excluding carboxylic acids is 1. The van der Waals surface area contributed by atoms with Crippen molar-refractivity contribution in [3.05, 3.63) is 65.2 Å². The summed E-state index contributed by atoms with van der Waals surface area (Å²) in [5.74, 6) is -1.88. The monoisotopic (exact) mass is 347 g/mol. The predicted octanol–water partition coefficient (Wildman–Crippen LogP) is 3.53. The summed E-state index contributed by atoms with van der Waals surface area (Å²) in [5.41, 5.74) is 2.65. The Balaban J connectivity index is 1.88. The summed E-state index contributed by atoms with van der Waals surface area (Å²) in [6, 6.07) is 11.4. The highest BCUT2D eigenvalue weighted by molar-refractivity contribution is 5.91. The van der Waals surface area contributed by atoms with Crippen molar-refractivity contribution in [1.82, 2.24) is 0 Å². The van der Waals surface area contributed by atoms with Crippen LogP contribution in [0.25, 0.3) is 0 Å². The standard InChI is InChI=1S/C20H24F2N2O/c1-13(14-5-10-17(21)18(22)11-14)23-12-19(25)24-16-8-6-15(7-9-16)20(2,3)4/h5-11,13,23H,12H2,1-4H3,(H,24,25)/p+1/t13-/m1/s1. The molecule has 0 aliphatic carbocycles. The van der Waals surface area contributed by atoms with Crippen LogP contribution in [0.3, 0.4) is 0 Å². The summed E-state index contributed by atoms with van der Waals surface area (Å²) in [4.78, 5) is 12.1. The molecule has 5 heteroatoms. The maximum absolute atomic E-state index is 13.3. The summed E-state index contributed by atoms with van der Waals surface area (Å²) < 4.78 is 26.2. The molecule has 1 amide bonds. The number of quaternary nitrogens is 1. The summed E-state index contributed by atoms with van der Waals surface area (Å²) in [7, 11) is 0. The highest BCUT2D eigenvalue weighted by Gasteiger charge is 2.15. The predicted molar refractivity (Wildman–Crippen MR) is 95.3 cm³/mol. The number of nitrogens with two attached hydrogens (primary N) is 1. The number of rotatable bonds is 5. The third kappa shape index (κ3) is 5.36. The van der Waals surface area contributed by atoms with Crippen molar-refractivity contribution < 1.29 is 18.9 Å². The van der Waals surface area contributed by atoms with Crippen LogP contribution < -0.4 is 10.6 Å². The maximum atomic E-state index is 13.3. The molecule has 0 saturated heterocycles. The molecule has 0 saturated carbocycles. The van der Waals surface area contributed by atoms with Gasteiger partial charge in [-0.1, -0.05) is 32.9 Å². The average Bonchev–Trinajstić information content (AvgIpc) is 2.55. The molecule has 2 aromatic rings. The number of hydrogen-bond donors (Lipinski definition) is 2. The summed E-state index contributed by atoms with van der Waals surface area (Å²) in [6.45, 7) is 8.44. The van der Waals surface area contributed by atoms with E-state index in [0.29, 0.717) is 5.56 Å². The molecule has 25 heavy (non-hydrogen) atoms. The molecule has 0 aliphatic heterocycles. The molecule has 1 atom stereocenters. The first kappa shape index (κ1) is 19.1. The van der Waals surface area contributed by atoms with E-state index >= 15 is 0 Å². The van der Waals surface area contributed by atoms with Gasteiger partial charge in [-0.3, -0.25) is 4.79 Å². The second-order valence-electron chi connectivity index (χ2n) is 7.28. The lowest BCUT2D eigenvalue weighted by Gasteiger charge is -2.19. The quantitative estimate of drug-likeness (QED) is 0.854. The third-order valence-corrected chi connectivity index (χ3v) is 4.16. The van der Waals surface area contributed by atoms with E-state index in [-0.39, 0.29) is 23.9 Å². The Morgan fingerprint density at radius 2 is 1.72 bits per heavy atom. The van der Waals surface area contributed by atoms with Gasteiger partial charge in [0.05, 0.1) is 0 Å². The fraction of sp³-hybridized carbons (Fsp3) is 0.350. The van der Waals surface area contributed by atoms with E-state index in [1.54, 1.807) is 5.32 Å². The number of hydrogen-bond acceptors (Lipinski definition) is 1. The van der Waals surface area contributed by atoms with E-state index in [1.165, 1.54) is 17.7 Å². The number of halogens is 2. The van der Waals surface area contributed by atoms with Gasteiger partial charge in [0.2, 0.25) is 0 Å². The van der Waals surface area contributed by atoms with Gasteiger partial charge in [-0.05, 0) is 48.2 Å². The number of anilines is 1. The van der Waals surface area contributed by atoms with Crippen molar-refractivity contribution in [2.45, 2.75) is 39.2 Å². The molecule has 0 spiro atoms. The van der Waals surface area contributed by atoms with Crippen LogP contribution in [0.15, 0.2) is 42.5 Å². The van der Waals surface area contributed by atoms with Gasteiger partial charge in [0.15, 0.2) is 18.2 Å². The van der Waals surface area contributed by atoms with Gasteiger partial charge in [0, 0.05) is 11.3 Å². The van der Waals surface area contributed by atoms with E-state index in [1.807, 2.05) is 31.2 Å². The number of carbonyl (C=O) groups is 1. The van der Waals surface area contributed by atoms with Gasteiger partial charge in [0.25, 0.3) is 5.91 Å². The lowest BCUT2D eigenvalue weighted by atomic mass is 9.87. The zero-order chi connectivity index (χ0) is 18.6. The number of nitrogens with one attached hydrogen (secondary N) is 1. The fourth-order valence-electron chi connectivity index (χ4n) is 2.48. The smallest absolute Gasteiger partial charge is 0.279 e. The van der Waals surface area contributed by atoms with Crippen LogP contribution in [-0.2, 0) is 10.2 Å². The van der Waals surface area contributed by atoms with Gasteiger partial charge in [0.1, 0.15) is 6.04 Å². The van der Waals surface area contributed by atoms with Crippen LogP contribution in [0, 0.1) is 11.6 Å². The zero-order valence-electron chi connectivity index (χ0n) is 15.1. The first-order valence-electron chi connectivity index (χ1n) is 8.35. The Bertz CT molecular complexity index is 736. The Labute approximate surface area is 147 Å². The van der Waals surface area contributed by atoms with Crippen LogP contribution in [0.2, 0.25) is 0 Å². The van der Waals surface area contributed by atoms with E-state index < -0.39 is 11.6 Å². The Kier molecular flexibility index (Phi) is 5.90. The zero-order valence-corrected chi connectivity index (χ0v) is 15.1. The molecule has 0 heterocycles. The van der Waals surface area contributed by atoms with E-state index in [2.05, 4.69) is 26.1 Å². The molecule has 2 rings (SSSR count). The molecule has 0 unspecified atom stereocenters. The molecule has 0 radical (unpaired) electrons. The second-order valence-corrected chi connectivity index (χ2v) is 7.28. The summed E-state index contributed by atoms with van der Waals surface area (Å²) in [6.07, 6.45) is 0. The minimum absolute atomic E-state index is 0.0657. The van der Waals surface area contributed by atoms with Crippen LogP contribution in [0.5, 0.6) is 0 Å². The van der Waals surface area contributed by atoms with Crippen LogP contribution >= 0.6 is 0 Å². The van der Waals surface area contributed by atoms with Gasteiger partial charge in [-0.2, -0.15) is 0 Å². The molecule has 0 aliphatic rings. The van der Waals surface area contributed by atoms with Gasteiger partial charge in [-0.25, -0.2) is 8.78 Å². The molecule has 3 N–H and O–H groups in total. The molecular weight excluding hydrogens is 322 g/mol. The van der Waals surface area contributed by atoms with E-state index in [9.17, 15) is 13.6 Å². The minimum atomic E-state index is -0.874. The second kappa shape index (κ2) is 7.74. The summed E-state index contributed by atoms with van der Waals surface area (Å²) >= 11 is 0. The van der Waals surface area contributed by atoms with Crippen molar-refractivity contribution >= 4 is 11.6 Å². The van der Waals surface area contributed by atoms with Crippen LogP contribution in [0.4, 0.5) is 14.5 Å². The van der Waals surface area contributed by atoms with Gasteiger partial charge < -0.3 is 10.6 Å². The number of amides is 1. The lowest BCUT2D eigenvalue weighted by Crippen LogP contribution is -2.86. The van der Waals surface area contributed by atoms with Crippen molar-refractivity contribution in [2.24, 2.45) is 0 Å². The normalized spacial score (nSPS) is 12.7. The van der Waals surface area contributed by atoms with Crippen molar-refractivity contribution in [3.8, 4) is 0 Å². The highest BCUT2D eigenvalue weighted by Crippen LogP contribution is 2.23. The van der Waals surface area contributed by atoms with Gasteiger partial charge in [-0.15, -0.1) is 0 Å². The summed E-state index contributed by atoms with van der Waals surface area (Å²) in [5, 5.41) is 4.63. The van der Waals surface area contributed by atoms with Crippen molar-refractivity contribution in [3.63, 3.8) is 0 Å². The average molecular weight is 347 g/mol. The van der Waals surface area contributed by atoms with Crippen molar-refractivity contribution in [2.75, 3.05) is 11.9 Å². The Hall–Kier alpha value is -2.27. The molecule has 3 nitrogen and oxygen atoms in total. The number of benzene rings is 2. The molecule has 0 bridgehead atoms. The maximum Gasteiger partial charge on any atom is 0.279 e. The first-order valence-corrected chi connectivity index (χ1v) is 8.35. The Morgan fingerprint density at radius 3 is 2.28 bits per heavy atom. The van der Waals surface area contributed by atoms with Gasteiger partial charge >= 0.3 is 0 Å². The molecule has 134 valence electrons. The molecule has 0 fully saturated rings. The van der Waals surface area contributed by atoms with Crippen LogP contribution in [0.1, 0.15) is 44.9 Å². The first-order chi connectivity index (χ1) is 11.7. The van der Waals surface area contributed by atoms with E-state index in [0.717, 1.165) is 11.8 Å². The molecular formula is C20H25F2N2O+. The lowest BCUT2D eigenvalue weighted by molar-refractivity contribution is -0.682. The molecule has 2 aromatic carbocycles. The largest absolute Gasteiger partial charge is 0.333 e. The van der Waals surface area contributed by atoms with Crippen LogP contribution in [-0.4, -0.2) is 12.5 Å². The topological polar surface area (TPSA) is 45.7 Å². The SMILES string of the molecule is C[C@@H]([NH2+]CC(=O)Nc1ccc(C(C)(C)C)cc1)c1ccc(F)c(F)c1. The minimum Gasteiger partial charge on any atom is -0.333 e.